The fourth-order valence-electron chi connectivity index (χ4n) is 4.83. The Labute approximate surface area is 162 Å². The standard InChI is InChI=1S/C21H30N2O3S/c24-21(17-5-2-1-3-6-17)23-13-11-19(12-14-23)22-27(25,26)20-10-9-16-7-4-8-18(16)15-20/h9-10,15,17,19,22H,1-8,11-14H2. The van der Waals surface area contributed by atoms with Gasteiger partial charge in [0.2, 0.25) is 15.9 Å². The Balaban J connectivity index is 1.34. The second-order valence-corrected chi connectivity index (χ2v) is 10.1. The van der Waals surface area contributed by atoms with Crippen LogP contribution in [0.3, 0.4) is 0 Å². The van der Waals surface area contributed by atoms with Gasteiger partial charge in [-0.25, -0.2) is 13.1 Å². The molecule has 0 spiro atoms. The topological polar surface area (TPSA) is 66.5 Å². The van der Waals surface area contributed by atoms with Crippen molar-refractivity contribution in [2.75, 3.05) is 13.1 Å². The van der Waals surface area contributed by atoms with Crippen molar-refractivity contribution < 1.29 is 13.2 Å². The molecule has 148 valence electrons. The summed E-state index contributed by atoms with van der Waals surface area (Å²) in [6.45, 7) is 1.32. The van der Waals surface area contributed by atoms with E-state index in [0.29, 0.717) is 30.8 Å². The van der Waals surface area contributed by atoms with Crippen LogP contribution >= 0.6 is 0 Å². The van der Waals surface area contributed by atoms with Crippen LogP contribution in [0.5, 0.6) is 0 Å². The molecular formula is C21H30N2O3S. The average Bonchev–Trinajstić information content (AvgIpc) is 3.16. The molecule has 1 aliphatic heterocycles. The molecule has 1 aromatic carbocycles. The summed E-state index contributed by atoms with van der Waals surface area (Å²) in [5, 5.41) is 0. The number of hydrogen-bond donors (Lipinski definition) is 1. The monoisotopic (exact) mass is 390 g/mol. The molecule has 1 saturated carbocycles. The van der Waals surface area contributed by atoms with Gasteiger partial charge in [-0.15, -0.1) is 0 Å². The van der Waals surface area contributed by atoms with Crippen molar-refractivity contribution in [1.29, 1.82) is 0 Å². The summed E-state index contributed by atoms with van der Waals surface area (Å²) >= 11 is 0. The summed E-state index contributed by atoms with van der Waals surface area (Å²) in [4.78, 5) is 15.0. The number of fused-ring (bicyclic) bond motifs is 1. The lowest BCUT2D eigenvalue weighted by atomic mass is 9.87. The first-order valence-electron chi connectivity index (χ1n) is 10.5. The van der Waals surface area contributed by atoms with E-state index in [1.54, 1.807) is 6.07 Å². The van der Waals surface area contributed by atoms with Gasteiger partial charge >= 0.3 is 0 Å². The number of likely N-dealkylation sites (tertiary alicyclic amines) is 1. The van der Waals surface area contributed by atoms with Crippen LogP contribution in [0.25, 0.3) is 0 Å². The minimum atomic E-state index is -3.49. The Kier molecular flexibility index (Phi) is 5.55. The smallest absolute Gasteiger partial charge is 0.240 e. The lowest BCUT2D eigenvalue weighted by Gasteiger charge is -2.35. The zero-order valence-corrected chi connectivity index (χ0v) is 16.8. The number of benzene rings is 1. The van der Waals surface area contributed by atoms with Crippen molar-refractivity contribution >= 4 is 15.9 Å². The Hall–Kier alpha value is -1.40. The molecule has 0 atom stereocenters. The number of carbonyl (C=O) groups excluding carboxylic acids is 1. The van der Waals surface area contributed by atoms with Gasteiger partial charge in [0.25, 0.3) is 0 Å². The molecule has 1 saturated heterocycles. The molecule has 1 amide bonds. The first kappa shape index (κ1) is 18.9. The van der Waals surface area contributed by atoms with Crippen molar-refractivity contribution in [3.05, 3.63) is 29.3 Å². The van der Waals surface area contributed by atoms with Gasteiger partial charge in [-0.2, -0.15) is 0 Å². The number of rotatable bonds is 4. The molecule has 5 nitrogen and oxygen atoms in total. The van der Waals surface area contributed by atoms with Gasteiger partial charge < -0.3 is 4.90 Å². The molecule has 1 aromatic rings. The Morgan fingerprint density at radius 1 is 0.926 bits per heavy atom. The highest BCUT2D eigenvalue weighted by molar-refractivity contribution is 7.89. The van der Waals surface area contributed by atoms with Crippen LogP contribution in [0.2, 0.25) is 0 Å². The number of nitrogens with one attached hydrogen (secondary N) is 1. The lowest BCUT2D eigenvalue weighted by Crippen LogP contribution is -2.48. The Morgan fingerprint density at radius 2 is 1.63 bits per heavy atom. The third-order valence-corrected chi connectivity index (χ3v) is 7.98. The number of carbonyl (C=O) groups is 1. The lowest BCUT2D eigenvalue weighted by molar-refractivity contribution is -0.137. The van der Waals surface area contributed by atoms with Crippen LogP contribution in [-0.2, 0) is 27.7 Å². The number of nitrogens with zero attached hydrogens (tertiary/aromatic N) is 1. The largest absolute Gasteiger partial charge is 0.342 e. The summed E-state index contributed by atoms with van der Waals surface area (Å²) in [5.74, 6) is 0.480. The average molecular weight is 391 g/mol. The Bertz CT molecular complexity index is 792. The van der Waals surface area contributed by atoms with E-state index < -0.39 is 10.0 Å². The minimum Gasteiger partial charge on any atom is -0.342 e. The molecule has 0 bridgehead atoms. The summed E-state index contributed by atoms with van der Waals surface area (Å²) in [6.07, 6.45) is 10.1. The van der Waals surface area contributed by atoms with Gasteiger partial charge in [-0.05, 0) is 68.2 Å². The van der Waals surface area contributed by atoms with Gasteiger partial charge in [-0.1, -0.05) is 25.3 Å². The summed E-state index contributed by atoms with van der Waals surface area (Å²) < 4.78 is 28.4. The first-order chi connectivity index (χ1) is 13.0. The van der Waals surface area contributed by atoms with E-state index in [-0.39, 0.29) is 17.9 Å². The van der Waals surface area contributed by atoms with Crippen molar-refractivity contribution in [2.45, 2.75) is 75.1 Å². The number of aryl methyl sites for hydroxylation is 2. The predicted molar refractivity (Wildman–Crippen MR) is 105 cm³/mol. The van der Waals surface area contributed by atoms with E-state index in [9.17, 15) is 13.2 Å². The molecular weight excluding hydrogens is 360 g/mol. The van der Waals surface area contributed by atoms with Crippen LogP contribution < -0.4 is 4.72 Å². The maximum Gasteiger partial charge on any atom is 0.240 e. The van der Waals surface area contributed by atoms with Gasteiger partial charge in [0.1, 0.15) is 0 Å². The quantitative estimate of drug-likeness (QED) is 0.859. The Morgan fingerprint density at radius 3 is 2.37 bits per heavy atom. The van der Waals surface area contributed by atoms with E-state index in [2.05, 4.69) is 4.72 Å². The third-order valence-electron chi connectivity index (χ3n) is 6.46. The van der Waals surface area contributed by atoms with E-state index in [1.807, 2.05) is 17.0 Å². The molecule has 2 fully saturated rings. The van der Waals surface area contributed by atoms with Gasteiger partial charge in [0.05, 0.1) is 4.90 Å². The van der Waals surface area contributed by atoms with E-state index in [4.69, 9.17) is 0 Å². The molecule has 4 rings (SSSR count). The molecule has 6 heteroatoms. The first-order valence-corrected chi connectivity index (χ1v) is 11.9. The minimum absolute atomic E-state index is 0.0846. The summed E-state index contributed by atoms with van der Waals surface area (Å²) in [6, 6.07) is 5.45. The third kappa shape index (κ3) is 4.21. The van der Waals surface area contributed by atoms with Crippen molar-refractivity contribution in [1.82, 2.24) is 9.62 Å². The molecule has 1 heterocycles. The molecule has 1 N–H and O–H groups in total. The number of hydrogen-bond acceptors (Lipinski definition) is 3. The van der Waals surface area contributed by atoms with Gasteiger partial charge in [0, 0.05) is 25.0 Å². The molecule has 2 aliphatic carbocycles. The van der Waals surface area contributed by atoms with Crippen LogP contribution in [0.1, 0.15) is 62.5 Å². The maximum absolute atomic E-state index is 12.8. The van der Waals surface area contributed by atoms with Gasteiger partial charge in [0.15, 0.2) is 0 Å². The predicted octanol–water partition coefficient (Wildman–Crippen LogP) is 3.02. The summed E-state index contributed by atoms with van der Waals surface area (Å²) in [5.41, 5.74) is 2.45. The van der Waals surface area contributed by atoms with Crippen LogP contribution in [-0.4, -0.2) is 38.4 Å². The zero-order chi connectivity index (χ0) is 18.9. The number of piperidine rings is 1. The van der Waals surface area contributed by atoms with E-state index in [1.165, 1.54) is 17.5 Å². The normalized spacial score (nSPS) is 22.0. The van der Waals surface area contributed by atoms with Gasteiger partial charge in [-0.3, -0.25) is 4.79 Å². The van der Waals surface area contributed by atoms with Crippen LogP contribution in [0.4, 0.5) is 0 Å². The molecule has 27 heavy (non-hydrogen) atoms. The zero-order valence-electron chi connectivity index (χ0n) is 16.0. The fraction of sp³-hybridized carbons (Fsp3) is 0.667. The van der Waals surface area contributed by atoms with E-state index in [0.717, 1.165) is 44.9 Å². The highest BCUT2D eigenvalue weighted by Crippen LogP contribution is 2.28. The summed E-state index contributed by atoms with van der Waals surface area (Å²) in [7, 11) is -3.49. The van der Waals surface area contributed by atoms with Crippen molar-refractivity contribution in [3.8, 4) is 0 Å². The molecule has 0 aromatic heterocycles. The second kappa shape index (κ2) is 7.92. The number of amides is 1. The van der Waals surface area contributed by atoms with E-state index >= 15 is 0 Å². The maximum atomic E-state index is 12.8. The molecule has 0 radical (unpaired) electrons. The highest BCUT2D eigenvalue weighted by Gasteiger charge is 2.31. The van der Waals surface area contributed by atoms with Crippen LogP contribution in [0.15, 0.2) is 23.1 Å². The SMILES string of the molecule is O=C(C1CCCCC1)N1CCC(NS(=O)(=O)c2ccc3c(c2)CCC3)CC1. The fourth-order valence-corrected chi connectivity index (χ4v) is 6.18. The number of sulfonamides is 1. The van der Waals surface area contributed by atoms with Crippen LogP contribution in [0, 0.1) is 5.92 Å². The van der Waals surface area contributed by atoms with Crippen molar-refractivity contribution in [3.63, 3.8) is 0 Å². The molecule has 0 unspecified atom stereocenters. The van der Waals surface area contributed by atoms with Crippen molar-refractivity contribution in [2.24, 2.45) is 5.92 Å². The highest BCUT2D eigenvalue weighted by atomic mass is 32.2. The molecule has 3 aliphatic rings. The second-order valence-electron chi connectivity index (χ2n) is 8.34.